The molecule has 0 fully saturated rings. The minimum atomic E-state index is -2.45. The van der Waals surface area contributed by atoms with E-state index in [0.717, 1.165) is 6.04 Å². The largest absolute Gasteiger partial charge is 0.500 e. The van der Waals surface area contributed by atoms with Gasteiger partial charge in [-0.05, 0) is 18.3 Å². The van der Waals surface area contributed by atoms with E-state index in [9.17, 15) is 0 Å². The molecule has 1 unspecified atom stereocenters. The quantitative estimate of drug-likeness (QED) is 0.173. The Morgan fingerprint density at radius 2 is 1.08 bits per heavy atom. The van der Waals surface area contributed by atoms with Gasteiger partial charge in [-0.1, -0.05) is 97.8 Å². The van der Waals surface area contributed by atoms with Crippen molar-refractivity contribution in [3.05, 3.63) is 5.92 Å². The zero-order valence-electron chi connectivity index (χ0n) is 18.7. The van der Waals surface area contributed by atoms with E-state index in [-0.39, 0.29) is 0 Å². The van der Waals surface area contributed by atoms with E-state index < -0.39 is 8.80 Å². The van der Waals surface area contributed by atoms with Gasteiger partial charge >= 0.3 is 8.80 Å². The van der Waals surface area contributed by atoms with E-state index >= 15 is 0 Å². The molecule has 0 aliphatic carbocycles. The molecule has 0 saturated carbocycles. The minimum Gasteiger partial charge on any atom is -0.377 e. The van der Waals surface area contributed by atoms with Gasteiger partial charge in [-0.3, -0.25) is 0 Å². The highest BCUT2D eigenvalue weighted by molar-refractivity contribution is 6.60. The van der Waals surface area contributed by atoms with Crippen LogP contribution in [0.2, 0.25) is 6.04 Å². The van der Waals surface area contributed by atoms with Gasteiger partial charge in [-0.25, -0.2) is 0 Å². The molecule has 1 atom stereocenters. The third-order valence-corrected chi connectivity index (χ3v) is 8.73. The zero-order chi connectivity index (χ0) is 19.7. The van der Waals surface area contributed by atoms with Crippen molar-refractivity contribution in [3.63, 3.8) is 0 Å². The highest BCUT2D eigenvalue weighted by atomic mass is 28.4. The molecule has 0 rings (SSSR count). The Hall–Kier alpha value is 0.0969. The van der Waals surface area contributed by atoms with E-state index in [1.807, 2.05) is 0 Å². The Morgan fingerprint density at radius 3 is 1.46 bits per heavy atom. The summed E-state index contributed by atoms with van der Waals surface area (Å²) in [5.74, 6) is 2.05. The first kappa shape index (κ1) is 26.1. The SMILES string of the molecule is CCCCCCCCCCCCCC[C](C)C(C)C[Si](OC)(OC)OC. The average molecular weight is 388 g/mol. The molecule has 0 bridgehead atoms. The van der Waals surface area contributed by atoms with Crippen molar-refractivity contribution >= 4 is 8.80 Å². The van der Waals surface area contributed by atoms with Gasteiger partial charge in [-0.15, -0.1) is 0 Å². The van der Waals surface area contributed by atoms with Gasteiger partial charge < -0.3 is 13.3 Å². The predicted molar refractivity (Wildman–Crippen MR) is 115 cm³/mol. The lowest BCUT2D eigenvalue weighted by molar-refractivity contribution is 0.119. The summed E-state index contributed by atoms with van der Waals surface area (Å²) in [7, 11) is 2.65. The van der Waals surface area contributed by atoms with E-state index in [0.29, 0.717) is 5.92 Å². The summed E-state index contributed by atoms with van der Waals surface area (Å²) in [5.41, 5.74) is 0. The summed E-state index contributed by atoms with van der Waals surface area (Å²) in [6.45, 7) is 6.84. The molecule has 26 heavy (non-hydrogen) atoms. The molecular weight excluding hydrogens is 340 g/mol. The lowest BCUT2D eigenvalue weighted by Gasteiger charge is -2.29. The second-order valence-electron chi connectivity index (χ2n) is 7.89. The molecule has 0 aromatic heterocycles. The summed E-state index contributed by atoms with van der Waals surface area (Å²) in [6, 6.07) is 0.876. The standard InChI is InChI=1S/C22H47O3Si/c1-7-8-9-10-11-12-13-14-15-16-17-18-19-21(2)22(3)20-26(23-4,24-5)25-6/h22H,7-20H2,1-6H3. The van der Waals surface area contributed by atoms with Crippen molar-refractivity contribution in [1.29, 1.82) is 0 Å². The Labute approximate surface area is 165 Å². The topological polar surface area (TPSA) is 27.7 Å². The van der Waals surface area contributed by atoms with Crippen molar-refractivity contribution in [2.75, 3.05) is 21.3 Å². The Kier molecular flexibility index (Phi) is 17.3. The van der Waals surface area contributed by atoms with Crippen molar-refractivity contribution in [2.45, 2.75) is 110 Å². The molecule has 0 spiro atoms. The predicted octanol–water partition coefficient (Wildman–Crippen LogP) is 7.19. The zero-order valence-corrected chi connectivity index (χ0v) is 19.7. The summed E-state index contributed by atoms with van der Waals surface area (Å²) < 4.78 is 16.7. The van der Waals surface area contributed by atoms with Gasteiger partial charge in [0.25, 0.3) is 0 Å². The van der Waals surface area contributed by atoms with Gasteiger partial charge in [0.1, 0.15) is 0 Å². The first-order valence-electron chi connectivity index (χ1n) is 11.0. The molecule has 0 heterocycles. The summed E-state index contributed by atoms with van der Waals surface area (Å²) >= 11 is 0. The van der Waals surface area contributed by atoms with E-state index in [1.165, 1.54) is 83.5 Å². The van der Waals surface area contributed by atoms with E-state index in [1.54, 1.807) is 27.2 Å². The van der Waals surface area contributed by atoms with Gasteiger partial charge in [0.15, 0.2) is 0 Å². The molecule has 0 amide bonds. The minimum absolute atomic E-state index is 0.495. The van der Waals surface area contributed by atoms with Crippen LogP contribution >= 0.6 is 0 Å². The van der Waals surface area contributed by atoms with Crippen molar-refractivity contribution < 1.29 is 13.3 Å². The fraction of sp³-hybridized carbons (Fsp3) is 0.955. The monoisotopic (exact) mass is 387 g/mol. The van der Waals surface area contributed by atoms with Gasteiger partial charge in [0, 0.05) is 27.4 Å². The van der Waals surface area contributed by atoms with Crippen molar-refractivity contribution in [2.24, 2.45) is 5.92 Å². The maximum atomic E-state index is 5.56. The van der Waals surface area contributed by atoms with Crippen LogP contribution in [0.1, 0.15) is 104 Å². The smallest absolute Gasteiger partial charge is 0.377 e. The van der Waals surface area contributed by atoms with Crippen LogP contribution in [-0.2, 0) is 13.3 Å². The second kappa shape index (κ2) is 17.2. The van der Waals surface area contributed by atoms with Crippen molar-refractivity contribution in [1.82, 2.24) is 0 Å². The Balaban J connectivity index is 3.60. The highest BCUT2D eigenvalue weighted by Gasteiger charge is 2.40. The van der Waals surface area contributed by atoms with E-state index in [4.69, 9.17) is 13.3 Å². The molecular formula is C22H47O3Si. The molecule has 0 aromatic rings. The molecule has 157 valence electrons. The Morgan fingerprint density at radius 1 is 0.692 bits per heavy atom. The fourth-order valence-corrected chi connectivity index (χ4v) is 5.64. The molecule has 0 N–H and O–H groups in total. The van der Waals surface area contributed by atoms with Crippen LogP contribution in [0.15, 0.2) is 0 Å². The van der Waals surface area contributed by atoms with E-state index in [2.05, 4.69) is 20.8 Å². The lowest BCUT2D eigenvalue weighted by atomic mass is 9.92. The molecule has 0 aliphatic rings. The number of rotatable bonds is 19. The third-order valence-electron chi connectivity index (χ3n) is 5.76. The highest BCUT2D eigenvalue weighted by Crippen LogP contribution is 2.29. The van der Waals surface area contributed by atoms with Crippen molar-refractivity contribution in [3.8, 4) is 0 Å². The maximum absolute atomic E-state index is 5.56. The van der Waals surface area contributed by atoms with Gasteiger partial charge in [0.05, 0.1) is 0 Å². The van der Waals surface area contributed by atoms with Crippen LogP contribution in [0, 0.1) is 11.8 Å². The molecule has 1 radical (unpaired) electrons. The first-order chi connectivity index (χ1) is 12.5. The maximum Gasteiger partial charge on any atom is 0.500 e. The number of hydrogen-bond acceptors (Lipinski definition) is 3. The Bertz CT molecular complexity index is 287. The lowest BCUT2D eigenvalue weighted by Crippen LogP contribution is -2.44. The molecule has 0 saturated heterocycles. The first-order valence-corrected chi connectivity index (χ1v) is 13.0. The van der Waals surface area contributed by atoms with Crippen LogP contribution < -0.4 is 0 Å². The second-order valence-corrected chi connectivity index (χ2v) is 10.9. The summed E-state index contributed by atoms with van der Waals surface area (Å²) in [4.78, 5) is 0. The van der Waals surface area contributed by atoms with Crippen LogP contribution in [0.5, 0.6) is 0 Å². The van der Waals surface area contributed by atoms with Crippen LogP contribution in [0.3, 0.4) is 0 Å². The molecule has 4 heteroatoms. The molecule has 3 nitrogen and oxygen atoms in total. The number of hydrogen-bond donors (Lipinski definition) is 0. The van der Waals surface area contributed by atoms with Crippen LogP contribution in [-0.4, -0.2) is 30.1 Å². The summed E-state index contributed by atoms with van der Waals surface area (Å²) in [6.07, 6.45) is 18.1. The molecule has 0 aliphatic heterocycles. The average Bonchev–Trinajstić information content (AvgIpc) is 2.66. The fourth-order valence-electron chi connectivity index (χ4n) is 3.54. The van der Waals surface area contributed by atoms with Gasteiger partial charge in [-0.2, -0.15) is 0 Å². The molecule has 0 aromatic carbocycles. The number of unbranched alkanes of at least 4 members (excludes halogenated alkanes) is 11. The third kappa shape index (κ3) is 12.5. The van der Waals surface area contributed by atoms with Gasteiger partial charge in [0.2, 0.25) is 0 Å². The van der Waals surface area contributed by atoms with Crippen LogP contribution in [0.4, 0.5) is 0 Å². The van der Waals surface area contributed by atoms with Crippen LogP contribution in [0.25, 0.3) is 0 Å². The normalized spacial score (nSPS) is 13.5. The summed E-state index contributed by atoms with van der Waals surface area (Å²) in [5, 5.41) is 0.